The smallest absolute Gasteiger partial charge is 0.251 e. The number of amides is 1. The lowest BCUT2D eigenvalue weighted by molar-refractivity contribution is 0.0953. The second-order valence-electron chi connectivity index (χ2n) is 7.19. The van der Waals surface area contributed by atoms with Crippen LogP contribution in [0.25, 0.3) is 0 Å². The van der Waals surface area contributed by atoms with Crippen molar-refractivity contribution in [2.24, 2.45) is 4.99 Å². The van der Waals surface area contributed by atoms with Crippen LogP contribution >= 0.6 is 0 Å². The molecule has 2 rings (SSSR count). The van der Waals surface area contributed by atoms with Gasteiger partial charge in [-0.2, -0.15) is 0 Å². The molecule has 1 unspecified atom stereocenters. The van der Waals surface area contributed by atoms with Crippen LogP contribution < -0.4 is 25.4 Å². The number of hydrogen-bond acceptors (Lipinski definition) is 4. The number of nitrogens with zero attached hydrogens (tertiary/aromatic N) is 1. The van der Waals surface area contributed by atoms with Crippen molar-refractivity contribution in [1.82, 2.24) is 16.0 Å². The number of para-hydroxylation sites is 2. The summed E-state index contributed by atoms with van der Waals surface area (Å²) in [5.41, 5.74) is 1.73. The van der Waals surface area contributed by atoms with Gasteiger partial charge >= 0.3 is 0 Å². The minimum atomic E-state index is -0.0830. The Morgan fingerprint density at radius 3 is 2.39 bits per heavy atom. The van der Waals surface area contributed by atoms with E-state index in [2.05, 4.69) is 27.9 Å². The number of benzene rings is 2. The molecule has 0 radical (unpaired) electrons. The lowest BCUT2D eigenvalue weighted by Gasteiger charge is -2.19. The summed E-state index contributed by atoms with van der Waals surface area (Å²) in [5, 5.41) is 9.47. The summed E-state index contributed by atoms with van der Waals surface area (Å²) in [7, 11) is 3.35. The van der Waals surface area contributed by atoms with Crippen molar-refractivity contribution in [3.05, 3.63) is 59.7 Å². The third-order valence-electron chi connectivity index (χ3n) is 4.67. The van der Waals surface area contributed by atoms with Gasteiger partial charge in [-0.1, -0.05) is 37.6 Å². The van der Waals surface area contributed by atoms with E-state index < -0.39 is 0 Å². The van der Waals surface area contributed by atoms with E-state index in [1.807, 2.05) is 55.5 Å². The molecule has 0 aliphatic rings. The zero-order valence-corrected chi connectivity index (χ0v) is 18.9. The Morgan fingerprint density at radius 2 is 1.74 bits per heavy atom. The Bertz CT molecular complexity index is 837. The van der Waals surface area contributed by atoms with E-state index in [4.69, 9.17) is 9.47 Å². The number of aliphatic imine (C=N–C) groups is 1. The van der Waals surface area contributed by atoms with Crippen molar-refractivity contribution in [3.63, 3.8) is 0 Å². The molecule has 2 aromatic carbocycles. The highest BCUT2D eigenvalue weighted by Crippen LogP contribution is 2.26. The summed E-state index contributed by atoms with van der Waals surface area (Å²) in [6.45, 7) is 5.97. The molecule has 0 aliphatic carbocycles. The number of unbranched alkanes of at least 4 members (excludes halogenated alkanes) is 1. The van der Waals surface area contributed by atoms with Crippen molar-refractivity contribution in [1.29, 1.82) is 0 Å². The first-order valence-corrected chi connectivity index (χ1v) is 10.7. The third kappa shape index (κ3) is 8.20. The molecular weight excluding hydrogens is 392 g/mol. The molecule has 1 amide bonds. The van der Waals surface area contributed by atoms with Gasteiger partial charge in [0.25, 0.3) is 5.91 Å². The molecular formula is C24H34N4O3. The second kappa shape index (κ2) is 13.2. The average Bonchev–Trinajstić information content (AvgIpc) is 2.80. The van der Waals surface area contributed by atoms with Crippen LogP contribution in [0.3, 0.4) is 0 Å². The predicted molar refractivity (Wildman–Crippen MR) is 125 cm³/mol. The molecule has 3 N–H and O–H groups in total. The van der Waals surface area contributed by atoms with Gasteiger partial charge in [-0.25, -0.2) is 0 Å². The van der Waals surface area contributed by atoms with Crippen molar-refractivity contribution >= 4 is 11.9 Å². The number of nitrogens with one attached hydrogen (secondary N) is 3. The van der Waals surface area contributed by atoms with Crippen LogP contribution in [0.1, 0.15) is 42.6 Å². The van der Waals surface area contributed by atoms with Gasteiger partial charge in [0.2, 0.25) is 0 Å². The summed E-state index contributed by atoms with van der Waals surface area (Å²) >= 11 is 0. The summed E-state index contributed by atoms with van der Waals surface area (Å²) < 4.78 is 11.3. The number of carbonyl (C=O) groups excluding carboxylic acids is 1. The third-order valence-corrected chi connectivity index (χ3v) is 4.67. The van der Waals surface area contributed by atoms with Crippen LogP contribution in [0.4, 0.5) is 0 Å². The van der Waals surface area contributed by atoms with Crippen LogP contribution in [-0.2, 0) is 6.54 Å². The van der Waals surface area contributed by atoms with Gasteiger partial charge in [0.1, 0.15) is 6.10 Å². The van der Waals surface area contributed by atoms with Crippen molar-refractivity contribution < 1.29 is 14.3 Å². The maximum absolute atomic E-state index is 12.1. The molecule has 0 fully saturated rings. The number of hydrogen-bond donors (Lipinski definition) is 3. The van der Waals surface area contributed by atoms with E-state index in [-0.39, 0.29) is 12.0 Å². The zero-order valence-electron chi connectivity index (χ0n) is 18.9. The van der Waals surface area contributed by atoms with Gasteiger partial charge < -0.3 is 25.4 Å². The highest BCUT2D eigenvalue weighted by molar-refractivity contribution is 5.94. The van der Waals surface area contributed by atoms with Crippen LogP contribution in [0.15, 0.2) is 53.5 Å². The first-order chi connectivity index (χ1) is 15.1. The van der Waals surface area contributed by atoms with Crippen LogP contribution in [0.2, 0.25) is 0 Å². The van der Waals surface area contributed by atoms with Gasteiger partial charge in [0.05, 0.1) is 13.7 Å². The molecule has 7 nitrogen and oxygen atoms in total. The van der Waals surface area contributed by atoms with Crippen LogP contribution in [0, 0.1) is 0 Å². The number of methoxy groups -OCH3 is 1. The number of carbonyl (C=O) groups is 1. The molecule has 0 aliphatic heterocycles. The zero-order chi connectivity index (χ0) is 22.5. The fourth-order valence-corrected chi connectivity index (χ4v) is 2.88. The molecule has 0 aromatic heterocycles. The van der Waals surface area contributed by atoms with Gasteiger partial charge in [-0.15, -0.1) is 0 Å². The summed E-state index contributed by atoms with van der Waals surface area (Å²) in [6, 6.07) is 15.2. The predicted octanol–water partition coefficient (Wildman–Crippen LogP) is 3.36. The van der Waals surface area contributed by atoms with E-state index in [9.17, 15) is 4.79 Å². The molecule has 2 aromatic rings. The van der Waals surface area contributed by atoms with Gasteiger partial charge in [-0.3, -0.25) is 9.79 Å². The summed E-state index contributed by atoms with van der Waals surface area (Å²) in [4.78, 5) is 16.3. The minimum absolute atomic E-state index is 0.0329. The standard InChI is InChI=1S/C24H34N4O3/c1-5-6-15-26-23(29)20-13-11-19(12-14-20)17-28-24(25-3)27-16-18(2)31-22-10-8-7-9-21(22)30-4/h7-14,18H,5-6,15-17H2,1-4H3,(H,26,29)(H2,25,27,28). The second-order valence-corrected chi connectivity index (χ2v) is 7.19. The number of ether oxygens (including phenoxy) is 2. The van der Waals surface area contributed by atoms with Gasteiger partial charge in [0, 0.05) is 25.7 Å². The highest BCUT2D eigenvalue weighted by atomic mass is 16.5. The van der Waals surface area contributed by atoms with Crippen molar-refractivity contribution in [2.75, 3.05) is 27.2 Å². The monoisotopic (exact) mass is 426 g/mol. The number of rotatable bonds is 11. The molecule has 168 valence electrons. The van der Waals surface area contributed by atoms with Crippen LogP contribution in [-0.4, -0.2) is 45.2 Å². The van der Waals surface area contributed by atoms with E-state index in [1.165, 1.54) is 0 Å². The Morgan fingerprint density at radius 1 is 1.03 bits per heavy atom. The molecule has 0 saturated carbocycles. The molecule has 0 saturated heterocycles. The quantitative estimate of drug-likeness (QED) is 0.292. The maximum Gasteiger partial charge on any atom is 0.251 e. The van der Waals surface area contributed by atoms with Gasteiger partial charge in [0.15, 0.2) is 17.5 Å². The number of guanidine groups is 1. The van der Waals surface area contributed by atoms with Crippen molar-refractivity contribution in [2.45, 2.75) is 39.3 Å². The lowest BCUT2D eigenvalue weighted by Crippen LogP contribution is -2.41. The average molecular weight is 427 g/mol. The Balaban J connectivity index is 1.78. The molecule has 0 spiro atoms. The molecule has 7 heteroatoms. The fraction of sp³-hybridized carbons (Fsp3) is 0.417. The molecule has 31 heavy (non-hydrogen) atoms. The molecule has 0 bridgehead atoms. The molecule has 0 heterocycles. The Hall–Kier alpha value is -3.22. The van der Waals surface area contributed by atoms with E-state index in [0.29, 0.717) is 42.7 Å². The normalized spacial score (nSPS) is 12.1. The van der Waals surface area contributed by atoms with E-state index >= 15 is 0 Å². The SMILES string of the molecule is CCCCNC(=O)c1ccc(CNC(=NC)NCC(C)Oc2ccccc2OC)cc1. The first-order valence-electron chi connectivity index (χ1n) is 10.7. The highest BCUT2D eigenvalue weighted by Gasteiger charge is 2.10. The lowest BCUT2D eigenvalue weighted by atomic mass is 10.1. The Kier molecular flexibility index (Phi) is 10.2. The summed E-state index contributed by atoms with van der Waals surface area (Å²) in [6.07, 6.45) is 1.97. The fourth-order valence-electron chi connectivity index (χ4n) is 2.88. The maximum atomic E-state index is 12.1. The van der Waals surface area contributed by atoms with E-state index in [0.717, 1.165) is 18.4 Å². The Labute approximate surface area is 185 Å². The van der Waals surface area contributed by atoms with Gasteiger partial charge in [-0.05, 0) is 43.2 Å². The largest absolute Gasteiger partial charge is 0.493 e. The molecule has 1 atom stereocenters. The first kappa shape index (κ1) is 24.1. The summed E-state index contributed by atoms with van der Waals surface area (Å²) in [5.74, 6) is 2.06. The minimum Gasteiger partial charge on any atom is -0.493 e. The van der Waals surface area contributed by atoms with Crippen molar-refractivity contribution in [3.8, 4) is 11.5 Å². The topological polar surface area (TPSA) is 84.0 Å². The van der Waals surface area contributed by atoms with E-state index in [1.54, 1.807) is 14.2 Å². The van der Waals surface area contributed by atoms with Crippen LogP contribution in [0.5, 0.6) is 11.5 Å².